The van der Waals surface area contributed by atoms with E-state index in [1.54, 1.807) is 0 Å². The summed E-state index contributed by atoms with van der Waals surface area (Å²) < 4.78 is 41.2. The molecule has 0 aliphatic heterocycles. The lowest BCUT2D eigenvalue weighted by molar-refractivity contribution is -0.137. The topological polar surface area (TPSA) is 67.8 Å². The van der Waals surface area contributed by atoms with Crippen molar-refractivity contribution in [3.8, 4) is 5.69 Å². The Labute approximate surface area is 127 Å². The Morgan fingerprint density at radius 1 is 1.13 bits per heavy atom. The highest BCUT2D eigenvalue weighted by Gasteiger charge is 2.34. The van der Waals surface area contributed by atoms with Crippen LogP contribution in [0, 0.1) is 6.92 Å². The number of pyridine rings is 1. The molecule has 0 saturated carbocycles. The van der Waals surface area contributed by atoms with Gasteiger partial charge in [0.1, 0.15) is 5.69 Å². The van der Waals surface area contributed by atoms with Crippen LogP contribution in [-0.2, 0) is 6.18 Å². The molecule has 23 heavy (non-hydrogen) atoms. The molecule has 0 aliphatic rings. The number of rotatable bonds is 1. The van der Waals surface area contributed by atoms with E-state index in [1.165, 1.54) is 30.0 Å². The molecule has 1 N–H and O–H groups in total. The number of halogens is 3. The van der Waals surface area contributed by atoms with Crippen molar-refractivity contribution in [2.24, 2.45) is 0 Å². The summed E-state index contributed by atoms with van der Waals surface area (Å²) in [6.45, 7) is 1.47. The summed E-state index contributed by atoms with van der Waals surface area (Å²) in [5.74, 6) is 0. The molecular formula is C15H10F3N3O2. The normalized spacial score (nSPS) is 11.8. The summed E-state index contributed by atoms with van der Waals surface area (Å²) in [5, 5.41) is 0. The molecule has 2 heterocycles. The van der Waals surface area contributed by atoms with Crippen molar-refractivity contribution in [1.82, 2.24) is 14.5 Å². The molecule has 0 radical (unpaired) electrons. The molecule has 5 nitrogen and oxygen atoms in total. The highest BCUT2D eigenvalue weighted by Crippen LogP contribution is 2.35. The predicted molar refractivity (Wildman–Crippen MR) is 77.7 cm³/mol. The number of alkyl halides is 3. The van der Waals surface area contributed by atoms with Crippen molar-refractivity contribution in [2.75, 3.05) is 0 Å². The van der Waals surface area contributed by atoms with E-state index in [-0.39, 0.29) is 27.8 Å². The maximum Gasteiger partial charge on any atom is 0.418 e. The van der Waals surface area contributed by atoms with Crippen LogP contribution in [0.15, 0.2) is 46.2 Å². The zero-order chi connectivity index (χ0) is 16.8. The molecule has 0 atom stereocenters. The van der Waals surface area contributed by atoms with E-state index in [2.05, 4.69) is 9.97 Å². The molecule has 0 aliphatic carbocycles. The average molecular weight is 321 g/mol. The van der Waals surface area contributed by atoms with Crippen LogP contribution in [0.1, 0.15) is 11.3 Å². The van der Waals surface area contributed by atoms with Gasteiger partial charge in [-0.1, -0.05) is 0 Å². The number of benzene rings is 1. The number of H-pyrrole nitrogens is 1. The van der Waals surface area contributed by atoms with E-state index < -0.39 is 17.3 Å². The fourth-order valence-corrected chi connectivity index (χ4v) is 2.23. The van der Waals surface area contributed by atoms with E-state index in [9.17, 15) is 22.8 Å². The predicted octanol–water partition coefficient (Wildman–Crippen LogP) is 2.40. The van der Waals surface area contributed by atoms with E-state index in [0.29, 0.717) is 0 Å². The van der Waals surface area contributed by atoms with Gasteiger partial charge >= 0.3 is 6.18 Å². The molecular weight excluding hydrogens is 311 g/mol. The van der Waals surface area contributed by atoms with E-state index in [0.717, 1.165) is 18.2 Å². The van der Waals surface area contributed by atoms with Gasteiger partial charge in [-0.05, 0) is 19.1 Å². The van der Waals surface area contributed by atoms with Gasteiger partial charge < -0.3 is 9.55 Å². The zero-order valence-electron chi connectivity index (χ0n) is 11.8. The molecule has 0 bridgehead atoms. The summed E-state index contributed by atoms with van der Waals surface area (Å²) >= 11 is 0. The van der Waals surface area contributed by atoms with E-state index in [4.69, 9.17) is 0 Å². The van der Waals surface area contributed by atoms with Crippen molar-refractivity contribution in [2.45, 2.75) is 13.1 Å². The Morgan fingerprint density at radius 3 is 2.39 bits per heavy atom. The van der Waals surface area contributed by atoms with E-state index >= 15 is 0 Å². The van der Waals surface area contributed by atoms with Gasteiger partial charge in [-0.3, -0.25) is 9.59 Å². The molecule has 0 unspecified atom stereocenters. The van der Waals surface area contributed by atoms with Gasteiger partial charge in [0.05, 0.1) is 22.3 Å². The van der Waals surface area contributed by atoms with Gasteiger partial charge in [-0.2, -0.15) is 13.2 Å². The number of fused-ring (bicyclic) bond motifs is 1. The minimum atomic E-state index is -4.63. The summed E-state index contributed by atoms with van der Waals surface area (Å²) in [5.41, 5.74) is -1.58. The first-order valence-corrected chi connectivity index (χ1v) is 6.56. The van der Waals surface area contributed by atoms with Crippen molar-refractivity contribution in [1.29, 1.82) is 0 Å². The lowest BCUT2D eigenvalue weighted by atomic mass is 10.1. The summed E-state index contributed by atoms with van der Waals surface area (Å²) in [4.78, 5) is 29.1. The maximum absolute atomic E-state index is 13.3. The molecule has 2 aromatic heterocycles. The van der Waals surface area contributed by atoms with Crippen molar-refractivity contribution in [3.63, 3.8) is 0 Å². The van der Waals surface area contributed by atoms with Gasteiger partial charge in [0.2, 0.25) is 0 Å². The third-order valence-corrected chi connectivity index (χ3v) is 3.36. The molecule has 8 heteroatoms. The second kappa shape index (κ2) is 5.08. The Kier molecular flexibility index (Phi) is 3.32. The van der Waals surface area contributed by atoms with Crippen LogP contribution in [0.4, 0.5) is 13.2 Å². The van der Waals surface area contributed by atoms with Gasteiger partial charge in [0.25, 0.3) is 5.56 Å². The largest absolute Gasteiger partial charge is 0.418 e. The zero-order valence-corrected chi connectivity index (χ0v) is 11.8. The fourth-order valence-electron chi connectivity index (χ4n) is 2.23. The number of aromatic amines is 1. The van der Waals surface area contributed by atoms with Crippen molar-refractivity contribution >= 4 is 11.0 Å². The molecule has 118 valence electrons. The van der Waals surface area contributed by atoms with Gasteiger partial charge in [0.15, 0.2) is 5.43 Å². The lowest BCUT2D eigenvalue weighted by Gasteiger charge is -2.16. The monoisotopic (exact) mass is 321 g/mol. The number of aromatic nitrogens is 3. The van der Waals surface area contributed by atoms with Crippen LogP contribution < -0.4 is 11.0 Å². The van der Waals surface area contributed by atoms with Gasteiger partial charge in [0, 0.05) is 24.5 Å². The number of nitrogens with one attached hydrogen (secondary N) is 1. The van der Waals surface area contributed by atoms with Crippen molar-refractivity contribution < 1.29 is 13.2 Å². The molecule has 0 spiro atoms. The lowest BCUT2D eigenvalue weighted by Crippen LogP contribution is -2.15. The number of nitrogens with zero attached hydrogens (tertiary/aromatic N) is 2. The van der Waals surface area contributed by atoms with Crippen molar-refractivity contribution in [3.05, 3.63) is 68.5 Å². The minimum absolute atomic E-state index is 0.00211. The van der Waals surface area contributed by atoms with Crippen LogP contribution in [-0.4, -0.2) is 14.5 Å². The Morgan fingerprint density at radius 2 is 1.78 bits per heavy atom. The highest BCUT2D eigenvalue weighted by molar-refractivity contribution is 5.78. The second-order valence-corrected chi connectivity index (χ2v) is 4.98. The third kappa shape index (κ3) is 2.75. The summed E-state index contributed by atoms with van der Waals surface area (Å²) in [6, 6.07) is 4.40. The highest BCUT2D eigenvalue weighted by atomic mass is 19.4. The number of hydrogen-bond donors (Lipinski definition) is 1. The average Bonchev–Trinajstić information content (AvgIpc) is 2.47. The van der Waals surface area contributed by atoms with Crippen LogP contribution >= 0.6 is 0 Å². The molecule has 3 rings (SSSR count). The quantitative estimate of drug-likeness (QED) is 0.748. The van der Waals surface area contributed by atoms with Crippen LogP contribution in [0.25, 0.3) is 16.7 Å². The number of aryl methyl sites for hydroxylation is 1. The standard InChI is InChI=1S/C15H10F3N3O2/c1-8-14(23)20-11-6-10(15(16,17)18)13(7-12(11)19-8)21-4-2-9(22)3-5-21/h2-7H,1H3,(H,20,23). The molecule has 0 saturated heterocycles. The van der Waals surface area contributed by atoms with Crippen LogP contribution in [0.5, 0.6) is 0 Å². The first-order chi connectivity index (χ1) is 10.8. The minimum Gasteiger partial charge on any atom is -0.323 e. The molecule has 0 amide bonds. The first-order valence-electron chi connectivity index (χ1n) is 6.56. The number of hydrogen-bond acceptors (Lipinski definition) is 3. The Hall–Kier alpha value is -2.90. The van der Waals surface area contributed by atoms with Crippen LogP contribution in [0.2, 0.25) is 0 Å². The molecule has 1 aromatic carbocycles. The second-order valence-electron chi connectivity index (χ2n) is 4.98. The van der Waals surface area contributed by atoms with Crippen LogP contribution in [0.3, 0.4) is 0 Å². The third-order valence-electron chi connectivity index (χ3n) is 3.36. The maximum atomic E-state index is 13.3. The van der Waals surface area contributed by atoms with Gasteiger partial charge in [-0.25, -0.2) is 4.98 Å². The van der Waals surface area contributed by atoms with E-state index in [1.807, 2.05) is 0 Å². The summed E-state index contributed by atoms with van der Waals surface area (Å²) in [7, 11) is 0. The molecule has 3 aromatic rings. The Bertz CT molecular complexity index is 999. The fraction of sp³-hybridized carbons (Fsp3) is 0.133. The first kappa shape index (κ1) is 15.0. The summed E-state index contributed by atoms with van der Waals surface area (Å²) in [6.07, 6.45) is -2.14. The Balaban J connectivity index is 2.38. The SMILES string of the molecule is Cc1nc2cc(-n3ccc(=O)cc3)c(C(F)(F)F)cc2[nH]c1=O. The molecule has 0 fully saturated rings. The van der Waals surface area contributed by atoms with Gasteiger partial charge in [-0.15, -0.1) is 0 Å². The smallest absolute Gasteiger partial charge is 0.323 e.